The van der Waals surface area contributed by atoms with Gasteiger partial charge in [0.05, 0.1) is 88.6 Å². The van der Waals surface area contributed by atoms with Crippen molar-refractivity contribution in [2.45, 2.75) is 0 Å². The van der Waals surface area contributed by atoms with Crippen LogP contribution in [0.4, 0.5) is 0 Å². The van der Waals surface area contributed by atoms with E-state index in [0.717, 1.165) is 188 Å². The SMILES string of the molecule is c1ccc(-c2nc(-n3c4ccccc4c4cc(-c5ccc6c(c5)nc5n(-c7ccc(-c8cccc(-n9c%10ccccc%10n%10c%11c(-c%12ccc%13c(c%12)c%12ccccc%12n%13-c%12nc(-c%13ccc%14ccccc%14c%13)c%13ccccc%13n%12)cccc%11nc9%10)c8)cc7)c7ccccc7n65)ccc43)nc3ccccc23)cc1. The van der Waals surface area contributed by atoms with Gasteiger partial charge in [0.15, 0.2) is 0 Å². The number of benzene rings is 15. The van der Waals surface area contributed by atoms with Crippen molar-refractivity contribution < 1.29 is 0 Å². The summed E-state index contributed by atoms with van der Waals surface area (Å²) in [6, 6.07) is 121. The van der Waals surface area contributed by atoms with Gasteiger partial charge >= 0.3 is 0 Å². The van der Waals surface area contributed by atoms with E-state index in [1.165, 1.54) is 10.8 Å². The van der Waals surface area contributed by atoms with Crippen molar-refractivity contribution in [2.24, 2.45) is 0 Å². The summed E-state index contributed by atoms with van der Waals surface area (Å²) in [5.41, 5.74) is 26.6. The molecule has 0 aliphatic rings. The maximum atomic E-state index is 5.51. The van der Waals surface area contributed by atoms with Crippen molar-refractivity contribution in [1.82, 2.24) is 57.0 Å². The van der Waals surface area contributed by atoms with Crippen molar-refractivity contribution in [3.8, 4) is 79.2 Å². The van der Waals surface area contributed by atoms with Crippen LogP contribution in [0.25, 0.3) is 211 Å². The van der Waals surface area contributed by atoms with Gasteiger partial charge in [-0.05, 0) is 160 Å². The van der Waals surface area contributed by atoms with E-state index >= 15 is 0 Å². The molecule has 0 fully saturated rings. The smallest absolute Gasteiger partial charge is 0.235 e. The minimum Gasteiger partial charge on any atom is -0.278 e. The first-order chi connectivity index (χ1) is 52.5. The number of nitrogens with zero attached hydrogens (tertiary/aromatic N) is 12. The maximum Gasteiger partial charge on any atom is 0.235 e. The zero-order valence-electron chi connectivity index (χ0n) is 56.7. The van der Waals surface area contributed by atoms with Crippen molar-refractivity contribution in [2.75, 3.05) is 0 Å². The van der Waals surface area contributed by atoms with Crippen LogP contribution in [0.5, 0.6) is 0 Å². The number of fused-ring (bicyclic) bond motifs is 19. The molecule has 12 heteroatoms. The summed E-state index contributed by atoms with van der Waals surface area (Å²) in [5.74, 6) is 2.94. The van der Waals surface area contributed by atoms with E-state index in [0.29, 0.717) is 11.9 Å². The largest absolute Gasteiger partial charge is 0.278 e. The van der Waals surface area contributed by atoms with Crippen LogP contribution in [-0.2, 0) is 0 Å². The highest BCUT2D eigenvalue weighted by atomic mass is 15.2. The molecule has 0 amide bonds. The molecule has 0 unspecified atom stereocenters. The van der Waals surface area contributed by atoms with E-state index in [4.69, 9.17) is 29.9 Å². The molecule has 8 aromatic heterocycles. The second kappa shape index (κ2) is 22.4. The molecule has 15 aromatic carbocycles. The molecule has 0 saturated carbocycles. The molecule has 23 aromatic rings. The Morgan fingerprint density at radius 1 is 0.198 bits per heavy atom. The summed E-state index contributed by atoms with van der Waals surface area (Å²) < 4.78 is 13.7. The summed E-state index contributed by atoms with van der Waals surface area (Å²) in [5, 5.41) is 8.88. The monoisotopic (exact) mass is 1350 g/mol. The molecule has 0 radical (unpaired) electrons. The van der Waals surface area contributed by atoms with Crippen LogP contribution in [0, 0.1) is 0 Å². The van der Waals surface area contributed by atoms with E-state index < -0.39 is 0 Å². The molecule has 0 atom stereocenters. The van der Waals surface area contributed by atoms with E-state index in [-0.39, 0.29) is 0 Å². The highest BCUT2D eigenvalue weighted by Gasteiger charge is 2.25. The highest BCUT2D eigenvalue weighted by molar-refractivity contribution is 6.13. The molecule has 0 saturated heterocycles. The third-order valence-corrected chi connectivity index (χ3v) is 21.6. The molecule has 0 aliphatic heterocycles. The fraction of sp³-hybridized carbons (Fsp3) is 0. The summed E-state index contributed by atoms with van der Waals surface area (Å²) in [6.45, 7) is 0. The molecule has 8 heterocycles. The molecule has 0 bridgehead atoms. The fourth-order valence-electron chi connectivity index (χ4n) is 16.8. The van der Waals surface area contributed by atoms with Crippen molar-refractivity contribution in [3.63, 3.8) is 0 Å². The molecule has 106 heavy (non-hydrogen) atoms. The average Bonchev–Trinajstić information content (AvgIpc) is 1.56. The van der Waals surface area contributed by atoms with Gasteiger partial charge in [0.2, 0.25) is 23.5 Å². The maximum absolute atomic E-state index is 5.51. The van der Waals surface area contributed by atoms with Gasteiger partial charge in [-0.25, -0.2) is 29.9 Å². The Morgan fingerprint density at radius 3 is 1.35 bits per heavy atom. The van der Waals surface area contributed by atoms with Crippen LogP contribution < -0.4 is 0 Å². The van der Waals surface area contributed by atoms with Crippen LogP contribution in [0.15, 0.2) is 340 Å². The number of aromatic nitrogens is 12. The van der Waals surface area contributed by atoms with Gasteiger partial charge in [0.25, 0.3) is 0 Å². The molecular weight excluding hydrogens is 1300 g/mol. The normalized spacial score (nSPS) is 12.2. The van der Waals surface area contributed by atoms with Gasteiger partial charge in [0.1, 0.15) is 0 Å². The summed E-state index contributed by atoms with van der Waals surface area (Å²) >= 11 is 0. The van der Waals surface area contributed by atoms with Gasteiger partial charge < -0.3 is 0 Å². The van der Waals surface area contributed by atoms with Gasteiger partial charge in [-0.3, -0.25) is 27.1 Å². The minimum absolute atomic E-state index is 0.626. The quantitative estimate of drug-likeness (QED) is 0.143. The van der Waals surface area contributed by atoms with Crippen LogP contribution in [0.2, 0.25) is 0 Å². The Bertz CT molecular complexity index is 7660. The fourth-order valence-corrected chi connectivity index (χ4v) is 16.8. The second-order valence-electron chi connectivity index (χ2n) is 27.5. The van der Waals surface area contributed by atoms with Crippen LogP contribution in [0.3, 0.4) is 0 Å². The number of imidazole rings is 4. The van der Waals surface area contributed by atoms with E-state index in [2.05, 4.69) is 355 Å². The zero-order chi connectivity index (χ0) is 69.2. The third kappa shape index (κ3) is 8.63. The molecule has 0 N–H and O–H groups in total. The molecule has 492 valence electrons. The van der Waals surface area contributed by atoms with E-state index in [9.17, 15) is 0 Å². The van der Waals surface area contributed by atoms with E-state index in [1.54, 1.807) is 0 Å². The Balaban J connectivity index is 0.592. The Labute approximate surface area is 604 Å². The zero-order valence-corrected chi connectivity index (χ0v) is 56.7. The molecular formula is C94H56N12. The summed E-state index contributed by atoms with van der Waals surface area (Å²) in [7, 11) is 0. The average molecular weight is 1350 g/mol. The lowest BCUT2D eigenvalue weighted by Gasteiger charge is -2.12. The Morgan fingerprint density at radius 2 is 0.660 bits per heavy atom. The first-order valence-corrected chi connectivity index (χ1v) is 35.7. The van der Waals surface area contributed by atoms with Crippen LogP contribution in [0.1, 0.15) is 0 Å². The van der Waals surface area contributed by atoms with Crippen molar-refractivity contribution in [3.05, 3.63) is 340 Å². The lowest BCUT2D eigenvalue weighted by atomic mass is 10.0. The lowest BCUT2D eigenvalue weighted by Crippen LogP contribution is -2.03. The van der Waals surface area contributed by atoms with Crippen molar-refractivity contribution in [1.29, 1.82) is 0 Å². The molecule has 23 rings (SSSR count). The predicted octanol–water partition coefficient (Wildman–Crippen LogP) is 22.7. The highest BCUT2D eigenvalue weighted by Crippen LogP contribution is 2.43. The number of hydrogen-bond acceptors (Lipinski definition) is 6. The Hall–Kier alpha value is -14.6. The topological polar surface area (TPSA) is 106 Å². The van der Waals surface area contributed by atoms with Gasteiger partial charge in [-0.15, -0.1) is 0 Å². The first kappa shape index (κ1) is 58.1. The Kier molecular flexibility index (Phi) is 12.3. The number of para-hydroxylation sites is 9. The minimum atomic E-state index is 0.626. The molecule has 0 aliphatic carbocycles. The predicted molar refractivity (Wildman–Crippen MR) is 432 cm³/mol. The van der Waals surface area contributed by atoms with Gasteiger partial charge in [-0.2, -0.15) is 0 Å². The number of rotatable bonds is 9. The lowest BCUT2D eigenvalue weighted by molar-refractivity contribution is 1.01. The first-order valence-electron chi connectivity index (χ1n) is 35.7. The van der Waals surface area contributed by atoms with E-state index in [1.807, 2.05) is 12.1 Å². The second-order valence-corrected chi connectivity index (χ2v) is 27.5. The number of hydrogen-bond donors (Lipinski definition) is 0. The third-order valence-electron chi connectivity index (χ3n) is 21.6. The summed E-state index contributed by atoms with van der Waals surface area (Å²) in [6.07, 6.45) is 0. The van der Waals surface area contributed by atoms with Crippen LogP contribution in [-0.4, -0.2) is 57.0 Å². The molecule has 0 spiro atoms. The van der Waals surface area contributed by atoms with Gasteiger partial charge in [-0.1, -0.05) is 218 Å². The molecule has 12 nitrogen and oxygen atoms in total. The summed E-state index contributed by atoms with van der Waals surface area (Å²) in [4.78, 5) is 32.3. The standard InChI is InChI=1S/C94H56N12/c1-2-21-59(22-3-1)88-71-28-6-10-31-75(71)95-91(99-88)103-79-34-12-8-26-69(79)73-54-62(44-49-81(73)103)63-45-51-83-78(56-63)98-93-101(84-36-14-16-38-86(84)105(83)93)66-47-42-58(43-48-66)61-24-18-25-67(53-61)102-85-37-15-17-39-87(85)106-90-68(30-19-33-77(90)97-94(102)106)64-46-50-82-74(55-64)70-27-9-13-35-80(70)104(82)92-96-76-32-11-7-29-72(76)89(100-92)65-41-40-57-20-4-5-23-60(57)52-65/h1-56H. The van der Waals surface area contributed by atoms with Crippen molar-refractivity contribution >= 4 is 132 Å². The van der Waals surface area contributed by atoms with Gasteiger partial charge in [0, 0.05) is 60.4 Å². The van der Waals surface area contributed by atoms with Crippen LogP contribution >= 0.6 is 0 Å².